The Morgan fingerprint density at radius 2 is 1.49 bits per heavy atom. The largest absolute Gasteiger partial charge is 0.435 e. The lowest BCUT2D eigenvalue weighted by Gasteiger charge is -2.17. The lowest BCUT2D eigenvalue weighted by atomic mass is 10.1. The van der Waals surface area contributed by atoms with Gasteiger partial charge in [0.2, 0.25) is 0 Å². The second-order valence-corrected chi connectivity index (χ2v) is 6.73. The average molecular weight is 505 g/mol. The molecule has 1 unspecified atom stereocenters. The fourth-order valence-electron chi connectivity index (χ4n) is 2.85. The van der Waals surface area contributed by atoms with Crippen LogP contribution in [0.2, 0.25) is 0 Å². The van der Waals surface area contributed by atoms with E-state index >= 15 is 0 Å². The lowest BCUT2D eigenvalue weighted by molar-refractivity contribution is -0.138. The van der Waals surface area contributed by atoms with Gasteiger partial charge in [-0.05, 0) is 25.1 Å². The zero-order valence-corrected chi connectivity index (χ0v) is 17.4. The summed E-state index contributed by atoms with van der Waals surface area (Å²) in [5.41, 5.74) is -1.85. The van der Waals surface area contributed by atoms with Crippen LogP contribution in [-0.2, 0) is 6.18 Å². The minimum Gasteiger partial charge on any atom is -0.435 e. The molecule has 8 nitrogen and oxygen atoms in total. The van der Waals surface area contributed by atoms with Crippen molar-refractivity contribution in [2.75, 3.05) is 0 Å². The molecular weight excluding hydrogens is 491 g/mol. The van der Waals surface area contributed by atoms with Gasteiger partial charge in [-0.15, -0.1) is 0 Å². The Morgan fingerprint density at radius 1 is 0.886 bits per heavy atom. The highest BCUT2D eigenvalue weighted by Gasteiger charge is 2.32. The van der Waals surface area contributed by atoms with Gasteiger partial charge >= 0.3 is 19.4 Å². The molecule has 0 fully saturated rings. The first-order chi connectivity index (χ1) is 16.4. The van der Waals surface area contributed by atoms with Crippen LogP contribution in [-0.4, -0.2) is 39.1 Å². The first kappa shape index (κ1) is 25.6. The van der Waals surface area contributed by atoms with Crippen molar-refractivity contribution < 1.29 is 45.0 Å². The molecule has 0 aliphatic rings. The summed E-state index contributed by atoms with van der Waals surface area (Å²) in [5, 5.41) is 2.39. The molecule has 0 saturated carbocycles. The fraction of sp³-hybridized carbons (Fsp3) is 0.250. The summed E-state index contributed by atoms with van der Waals surface area (Å²) >= 11 is 0. The van der Waals surface area contributed by atoms with Crippen LogP contribution in [0.1, 0.15) is 34.6 Å². The van der Waals surface area contributed by atoms with Gasteiger partial charge < -0.3 is 14.8 Å². The average Bonchev–Trinajstić information content (AvgIpc) is 2.78. The topological polar surface area (TPSA) is 99.1 Å². The van der Waals surface area contributed by atoms with E-state index in [0.717, 1.165) is 18.5 Å². The van der Waals surface area contributed by atoms with E-state index < -0.39 is 48.2 Å². The van der Waals surface area contributed by atoms with Gasteiger partial charge in [0.05, 0.1) is 29.7 Å². The minimum atomic E-state index is -4.93. The third-order valence-corrected chi connectivity index (χ3v) is 4.27. The number of hydrogen-bond acceptors (Lipinski definition) is 7. The number of ether oxygens (including phenoxy) is 2. The molecule has 186 valence electrons. The van der Waals surface area contributed by atoms with Gasteiger partial charge in [0.25, 0.3) is 5.91 Å². The first-order valence-electron chi connectivity index (χ1n) is 9.50. The molecule has 0 aliphatic carbocycles. The van der Waals surface area contributed by atoms with Crippen LogP contribution in [0.25, 0.3) is 11.5 Å². The number of carbonyl (C=O) groups excluding carboxylic acids is 1. The second-order valence-electron chi connectivity index (χ2n) is 6.73. The van der Waals surface area contributed by atoms with Crippen molar-refractivity contribution in [1.29, 1.82) is 0 Å². The third-order valence-electron chi connectivity index (χ3n) is 4.27. The van der Waals surface area contributed by atoms with Crippen molar-refractivity contribution >= 4 is 5.91 Å². The minimum absolute atomic E-state index is 0.0367. The molecule has 3 aromatic rings. The van der Waals surface area contributed by atoms with E-state index in [-0.39, 0.29) is 23.0 Å². The summed E-state index contributed by atoms with van der Waals surface area (Å²) in [4.78, 5) is 28.5. The summed E-state index contributed by atoms with van der Waals surface area (Å²) in [6.45, 7) is -5.08. The Labute approximate surface area is 192 Å². The molecule has 0 aliphatic heterocycles. The van der Waals surface area contributed by atoms with Crippen molar-refractivity contribution in [2.24, 2.45) is 0 Å². The molecule has 3 rings (SSSR count). The second kappa shape index (κ2) is 10.5. The molecule has 0 spiro atoms. The molecule has 2 heterocycles. The van der Waals surface area contributed by atoms with E-state index in [1.807, 2.05) is 0 Å². The molecule has 1 atom stereocenters. The third kappa shape index (κ3) is 6.74. The SMILES string of the molecule is CC(NC(=O)c1cc(OC(F)F)cc(C(F)(F)F)c1)c1nccnc1-c1ncc(OC(F)F)cn1. The van der Waals surface area contributed by atoms with Gasteiger partial charge in [0.15, 0.2) is 11.6 Å². The van der Waals surface area contributed by atoms with Crippen molar-refractivity contribution in [3.8, 4) is 23.0 Å². The van der Waals surface area contributed by atoms with Crippen molar-refractivity contribution in [3.05, 3.63) is 59.8 Å². The normalized spacial score (nSPS) is 12.5. The maximum atomic E-state index is 13.2. The van der Waals surface area contributed by atoms with Crippen LogP contribution >= 0.6 is 0 Å². The Kier molecular flexibility index (Phi) is 7.66. The predicted octanol–water partition coefficient (Wildman–Crippen LogP) is 4.65. The predicted molar refractivity (Wildman–Crippen MR) is 104 cm³/mol. The molecule has 1 aromatic carbocycles. The number of aromatic nitrogens is 4. The monoisotopic (exact) mass is 505 g/mol. The van der Waals surface area contributed by atoms with Gasteiger partial charge in [-0.3, -0.25) is 9.78 Å². The molecule has 0 radical (unpaired) electrons. The molecule has 15 heteroatoms. The number of nitrogens with zero attached hydrogens (tertiary/aromatic N) is 4. The van der Waals surface area contributed by atoms with E-state index in [1.165, 1.54) is 19.3 Å². The van der Waals surface area contributed by atoms with E-state index in [2.05, 4.69) is 34.7 Å². The van der Waals surface area contributed by atoms with E-state index in [9.17, 15) is 35.5 Å². The van der Waals surface area contributed by atoms with Gasteiger partial charge in [-0.25, -0.2) is 15.0 Å². The standard InChI is InChI=1S/C20H14F7N5O3/c1-9(14-15(29-3-2-28-14)16-30-7-13(8-31-16)35-19(23)24)32-17(33)10-4-11(20(25,26)27)6-12(5-10)34-18(21)22/h2-9,18-19H,1H3,(H,32,33). The molecule has 2 aromatic heterocycles. The van der Waals surface area contributed by atoms with Crippen molar-refractivity contribution in [3.63, 3.8) is 0 Å². The highest BCUT2D eigenvalue weighted by atomic mass is 19.4. The fourth-order valence-corrected chi connectivity index (χ4v) is 2.85. The lowest BCUT2D eigenvalue weighted by Crippen LogP contribution is -2.28. The number of hydrogen-bond donors (Lipinski definition) is 1. The maximum absolute atomic E-state index is 13.2. The Hall–Kier alpha value is -4.04. The van der Waals surface area contributed by atoms with Crippen LogP contribution < -0.4 is 14.8 Å². The smallest absolute Gasteiger partial charge is 0.416 e. The number of halogens is 7. The van der Waals surface area contributed by atoms with Gasteiger partial charge in [-0.1, -0.05) is 0 Å². The number of amides is 1. The summed E-state index contributed by atoms with van der Waals surface area (Å²) in [7, 11) is 0. The van der Waals surface area contributed by atoms with Gasteiger partial charge in [-0.2, -0.15) is 30.7 Å². The van der Waals surface area contributed by atoms with Crippen LogP contribution in [0.5, 0.6) is 11.5 Å². The van der Waals surface area contributed by atoms with Gasteiger partial charge in [0.1, 0.15) is 11.4 Å². The molecule has 0 bridgehead atoms. The molecular formula is C20H14F7N5O3. The van der Waals surface area contributed by atoms with E-state index in [4.69, 9.17) is 0 Å². The highest BCUT2D eigenvalue weighted by molar-refractivity contribution is 5.95. The Balaban J connectivity index is 1.87. The molecule has 0 saturated heterocycles. The van der Waals surface area contributed by atoms with Crippen LogP contribution in [0.4, 0.5) is 30.7 Å². The zero-order chi connectivity index (χ0) is 25.8. The van der Waals surface area contributed by atoms with Crippen LogP contribution in [0, 0.1) is 0 Å². The Bertz CT molecular complexity index is 1180. The number of carbonyl (C=O) groups is 1. The summed E-state index contributed by atoms with van der Waals surface area (Å²) in [5.74, 6) is -2.29. The number of nitrogens with one attached hydrogen (secondary N) is 1. The van der Waals surface area contributed by atoms with Gasteiger partial charge in [0, 0.05) is 18.0 Å². The summed E-state index contributed by atoms with van der Waals surface area (Å²) < 4.78 is 97.3. The number of rotatable bonds is 8. The van der Waals surface area contributed by atoms with Crippen LogP contribution in [0.3, 0.4) is 0 Å². The Morgan fingerprint density at radius 3 is 2.09 bits per heavy atom. The quantitative estimate of drug-likeness (QED) is 0.445. The van der Waals surface area contributed by atoms with Crippen LogP contribution in [0.15, 0.2) is 43.0 Å². The number of benzene rings is 1. The van der Waals surface area contributed by atoms with E-state index in [0.29, 0.717) is 12.1 Å². The first-order valence-corrected chi connectivity index (χ1v) is 9.50. The molecule has 35 heavy (non-hydrogen) atoms. The zero-order valence-electron chi connectivity index (χ0n) is 17.4. The maximum Gasteiger partial charge on any atom is 0.416 e. The van der Waals surface area contributed by atoms with Crippen molar-refractivity contribution in [2.45, 2.75) is 32.4 Å². The summed E-state index contributed by atoms with van der Waals surface area (Å²) in [6.07, 6.45) is -0.486. The van der Waals surface area contributed by atoms with Crippen molar-refractivity contribution in [1.82, 2.24) is 25.3 Å². The van der Waals surface area contributed by atoms with E-state index in [1.54, 1.807) is 0 Å². The summed E-state index contributed by atoms with van der Waals surface area (Å²) in [6, 6.07) is 0.557. The highest BCUT2D eigenvalue weighted by Crippen LogP contribution is 2.33. The molecule has 1 amide bonds. The number of alkyl halides is 7. The molecule has 1 N–H and O–H groups in total.